The summed E-state index contributed by atoms with van der Waals surface area (Å²) in [5.74, 6) is 0.671. The first-order valence-corrected chi connectivity index (χ1v) is 6.94. The van der Waals surface area contributed by atoms with Gasteiger partial charge >= 0.3 is 0 Å². The number of nitriles is 1. The lowest BCUT2D eigenvalue weighted by Gasteiger charge is -2.47. The first-order valence-electron chi connectivity index (χ1n) is 6.94. The molecule has 17 heavy (non-hydrogen) atoms. The van der Waals surface area contributed by atoms with E-state index in [2.05, 4.69) is 19.9 Å². The van der Waals surface area contributed by atoms with Crippen LogP contribution in [0.5, 0.6) is 0 Å². The molecule has 0 aromatic heterocycles. The molecular weight excluding hydrogens is 210 g/mol. The summed E-state index contributed by atoms with van der Waals surface area (Å²) in [4.78, 5) is 0. The highest BCUT2D eigenvalue weighted by molar-refractivity contribution is 5.13. The highest BCUT2D eigenvalue weighted by Gasteiger charge is 2.52. The van der Waals surface area contributed by atoms with Gasteiger partial charge in [0.15, 0.2) is 0 Å². The predicted molar refractivity (Wildman–Crippen MR) is 68.3 cm³/mol. The summed E-state index contributed by atoms with van der Waals surface area (Å²) in [5, 5.41) is 20.3. The quantitative estimate of drug-likeness (QED) is 0.811. The highest BCUT2D eigenvalue weighted by Crippen LogP contribution is 2.53. The maximum Gasteiger partial charge on any atom is 0.0858 e. The smallest absolute Gasteiger partial charge is 0.0858 e. The minimum Gasteiger partial charge on any atom is -0.389 e. The number of hydrogen-bond donors (Lipinski definition) is 1. The monoisotopic (exact) mass is 235 g/mol. The zero-order valence-corrected chi connectivity index (χ0v) is 11.4. The molecule has 2 fully saturated rings. The van der Waals surface area contributed by atoms with E-state index in [0.29, 0.717) is 11.3 Å². The van der Waals surface area contributed by atoms with Gasteiger partial charge in [0.1, 0.15) is 0 Å². The average Bonchev–Trinajstić information content (AvgIpc) is 3.01. The Morgan fingerprint density at radius 3 is 2.18 bits per heavy atom. The molecule has 0 saturated heterocycles. The van der Waals surface area contributed by atoms with E-state index in [-0.39, 0.29) is 0 Å². The molecule has 96 valence electrons. The lowest BCUT2D eigenvalue weighted by Crippen LogP contribution is -2.48. The zero-order valence-electron chi connectivity index (χ0n) is 11.4. The second-order valence-electron chi connectivity index (χ2n) is 7.28. The molecule has 2 aliphatic carbocycles. The van der Waals surface area contributed by atoms with Crippen LogP contribution < -0.4 is 0 Å². The van der Waals surface area contributed by atoms with Crippen LogP contribution >= 0.6 is 0 Å². The Kier molecular flexibility index (Phi) is 3.02. The standard InChI is InChI=1S/C15H25NO/c1-13(2)6-8-15(11-16,9-7-13)14(3,17)10-12-4-5-12/h12,17H,4-10H2,1-3H3. The van der Waals surface area contributed by atoms with E-state index in [0.717, 1.165) is 32.1 Å². The van der Waals surface area contributed by atoms with Crippen LogP contribution in [0.4, 0.5) is 0 Å². The van der Waals surface area contributed by atoms with Gasteiger partial charge in [0.05, 0.1) is 17.1 Å². The van der Waals surface area contributed by atoms with Crippen LogP contribution in [-0.2, 0) is 0 Å². The van der Waals surface area contributed by atoms with Crippen LogP contribution in [0.15, 0.2) is 0 Å². The summed E-state index contributed by atoms with van der Waals surface area (Å²) in [6, 6.07) is 2.48. The summed E-state index contributed by atoms with van der Waals surface area (Å²) >= 11 is 0. The van der Waals surface area contributed by atoms with Gasteiger partial charge in [-0.25, -0.2) is 0 Å². The largest absolute Gasteiger partial charge is 0.389 e. The van der Waals surface area contributed by atoms with Gasteiger partial charge in [0, 0.05) is 0 Å². The number of nitrogens with zero attached hydrogens (tertiary/aromatic N) is 1. The SMILES string of the molecule is CC1(C)CCC(C#N)(C(C)(O)CC2CC2)CC1. The summed E-state index contributed by atoms with van der Waals surface area (Å²) < 4.78 is 0. The van der Waals surface area contributed by atoms with Crippen molar-refractivity contribution in [1.82, 2.24) is 0 Å². The van der Waals surface area contributed by atoms with Gasteiger partial charge in [0.25, 0.3) is 0 Å². The van der Waals surface area contributed by atoms with E-state index >= 15 is 0 Å². The van der Waals surface area contributed by atoms with Crippen LogP contribution in [0, 0.1) is 28.1 Å². The maximum atomic E-state index is 10.7. The van der Waals surface area contributed by atoms with Crippen molar-refractivity contribution in [2.45, 2.75) is 71.3 Å². The van der Waals surface area contributed by atoms with Crippen LogP contribution in [0.3, 0.4) is 0 Å². The molecule has 0 bridgehead atoms. The summed E-state index contributed by atoms with van der Waals surface area (Å²) in [5.41, 5.74) is -0.944. The molecule has 0 spiro atoms. The summed E-state index contributed by atoms with van der Waals surface area (Å²) in [7, 11) is 0. The number of aliphatic hydroxyl groups is 1. The first kappa shape index (κ1) is 12.9. The van der Waals surface area contributed by atoms with Gasteiger partial charge in [0.2, 0.25) is 0 Å². The minimum absolute atomic E-state index is 0.343. The summed E-state index contributed by atoms with van der Waals surface area (Å²) in [6.07, 6.45) is 7.13. The Morgan fingerprint density at radius 1 is 1.24 bits per heavy atom. The van der Waals surface area contributed by atoms with E-state index in [9.17, 15) is 10.4 Å². The number of hydrogen-bond acceptors (Lipinski definition) is 2. The van der Waals surface area contributed by atoms with E-state index in [1.807, 2.05) is 6.92 Å². The maximum absolute atomic E-state index is 10.7. The lowest BCUT2D eigenvalue weighted by atomic mass is 9.58. The van der Waals surface area contributed by atoms with Crippen molar-refractivity contribution in [3.05, 3.63) is 0 Å². The van der Waals surface area contributed by atoms with Crippen molar-refractivity contribution >= 4 is 0 Å². The molecule has 0 aromatic carbocycles. The predicted octanol–water partition coefficient (Wildman–Crippen LogP) is 3.65. The van der Waals surface area contributed by atoms with Crippen molar-refractivity contribution in [2.24, 2.45) is 16.7 Å². The molecule has 2 heteroatoms. The molecule has 0 amide bonds. The summed E-state index contributed by atoms with van der Waals surface area (Å²) in [6.45, 7) is 6.43. The van der Waals surface area contributed by atoms with Crippen LogP contribution in [0.2, 0.25) is 0 Å². The van der Waals surface area contributed by atoms with E-state index in [1.54, 1.807) is 0 Å². The zero-order chi connectivity index (χ0) is 12.7. The molecule has 0 radical (unpaired) electrons. The normalized spacial score (nSPS) is 30.3. The van der Waals surface area contributed by atoms with Crippen molar-refractivity contribution in [2.75, 3.05) is 0 Å². The fourth-order valence-electron chi connectivity index (χ4n) is 3.20. The molecule has 2 nitrogen and oxygen atoms in total. The van der Waals surface area contributed by atoms with E-state index in [1.165, 1.54) is 12.8 Å². The molecule has 2 saturated carbocycles. The fourth-order valence-corrected chi connectivity index (χ4v) is 3.20. The molecule has 2 aliphatic rings. The Bertz CT molecular complexity index is 323. The Morgan fingerprint density at radius 2 is 1.76 bits per heavy atom. The molecule has 2 rings (SSSR count). The van der Waals surface area contributed by atoms with Gasteiger partial charge in [-0.3, -0.25) is 0 Å². The topological polar surface area (TPSA) is 44.0 Å². The lowest BCUT2D eigenvalue weighted by molar-refractivity contribution is -0.0802. The molecule has 1 atom stereocenters. The van der Waals surface area contributed by atoms with Crippen LogP contribution in [0.1, 0.15) is 65.7 Å². The Balaban J connectivity index is 2.11. The molecule has 1 N–H and O–H groups in total. The Hall–Kier alpha value is -0.550. The molecule has 1 unspecified atom stereocenters. The van der Waals surface area contributed by atoms with Gasteiger partial charge in [-0.05, 0) is 50.4 Å². The fraction of sp³-hybridized carbons (Fsp3) is 0.933. The molecule has 0 heterocycles. The third-order valence-electron chi connectivity index (χ3n) is 5.09. The van der Waals surface area contributed by atoms with Crippen LogP contribution in [0.25, 0.3) is 0 Å². The van der Waals surface area contributed by atoms with E-state index in [4.69, 9.17) is 0 Å². The van der Waals surface area contributed by atoms with Crippen molar-refractivity contribution in [1.29, 1.82) is 5.26 Å². The third kappa shape index (κ3) is 2.50. The third-order valence-corrected chi connectivity index (χ3v) is 5.09. The van der Waals surface area contributed by atoms with E-state index < -0.39 is 11.0 Å². The van der Waals surface area contributed by atoms with Crippen LogP contribution in [-0.4, -0.2) is 10.7 Å². The Labute approximate surface area is 105 Å². The minimum atomic E-state index is -0.792. The van der Waals surface area contributed by atoms with Crippen molar-refractivity contribution < 1.29 is 5.11 Å². The highest BCUT2D eigenvalue weighted by atomic mass is 16.3. The van der Waals surface area contributed by atoms with Gasteiger partial charge in [-0.1, -0.05) is 26.7 Å². The molecular formula is C15H25NO. The number of rotatable bonds is 3. The average molecular weight is 235 g/mol. The van der Waals surface area contributed by atoms with Gasteiger partial charge in [-0.2, -0.15) is 5.26 Å². The first-order chi connectivity index (χ1) is 7.80. The van der Waals surface area contributed by atoms with Crippen molar-refractivity contribution in [3.63, 3.8) is 0 Å². The molecule has 0 aliphatic heterocycles. The van der Waals surface area contributed by atoms with Gasteiger partial charge in [-0.15, -0.1) is 0 Å². The van der Waals surface area contributed by atoms with Gasteiger partial charge < -0.3 is 5.11 Å². The molecule has 0 aromatic rings. The second-order valence-corrected chi connectivity index (χ2v) is 7.28. The van der Waals surface area contributed by atoms with Crippen molar-refractivity contribution in [3.8, 4) is 6.07 Å². The second kappa shape index (κ2) is 3.99.